The summed E-state index contributed by atoms with van der Waals surface area (Å²) >= 11 is 0. The molecular weight excluding hydrogens is 124 g/mol. The van der Waals surface area contributed by atoms with Crippen molar-refractivity contribution >= 4 is 0 Å². The van der Waals surface area contributed by atoms with Crippen molar-refractivity contribution in [2.75, 3.05) is 13.2 Å². The number of aliphatic hydroxyl groups is 3. The van der Waals surface area contributed by atoms with Gasteiger partial charge in [-0.1, -0.05) is 0 Å². The highest BCUT2D eigenvalue weighted by atomic mass is 16.5. The SMILES string of the molecule is OC1[C@H](O)COC[C@H]1O. The van der Waals surface area contributed by atoms with Crippen LogP contribution in [0.1, 0.15) is 0 Å². The lowest BCUT2D eigenvalue weighted by atomic mass is 10.1. The van der Waals surface area contributed by atoms with Gasteiger partial charge < -0.3 is 20.1 Å². The number of hydrogen-bond acceptors (Lipinski definition) is 4. The maximum Gasteiger partial charge on any atom is 0.110 e. The predicted octanol–water partition coefficient (Wildman–Crippen LogP) is -1.90. The average Bonchev–Trinajstić information content (AvgIpc) is 1.83. The quantitative estimate of drug-likeness (QED) is 0.362. The Morgan fingerprint density at radius 3 is 1.78 bits per heavy atom. The molecule has 54 valence electrons. The molecular formula is C5H10O4. The van der Waals surface area contributed by atoms with Crippen LogP contribution in [0, 0.1) is 0 Å². The van der Waals surface area contributed by atoms with E-state index in [9.17, 15) is 0 Å². The van der Waals surface area contributed by atoms with E-state index < -0.39 is 18.3 Å². The standard InChI is InChI=1S/C5H10O4/c6-3-1-9-2-4(7)5(3)8/h3-8H,1-2H2/t3-,4-/m1/s1. The van der Waals surface area contributed by atoms with E-state index in [0.717, 1.165) is 0 Å². The van der Waals surface area contributed by atoms with Gasteiger partial charge >= 0.3 is 0 Å². The van der Waals surface area contributed by atoms with Crippen LogP contribution in [0.4, 0.5) is 0 Å². The zero-order valence-corrected chi connectivity index (χ0v) is 4.90. The van der Waals surface area contributed by atoms with Gasteiger partial charge in [0.15, 0.2) is 0 Å². The molecule has 1 rings (SSSR count). The van der Waals surface area contributed by atoms with Gasteiger partial charge in [-0.3, -0.25) is 0 Å². The number of rotatable bonds is 0. The van der Waals surface area contributed by atoms with E-state index >= 15 is 0 Å². The van der Waals surface area contributed by atoms with Crippen LogP contribution < -0.4 is 0 Å². The van der Waals surface area contributed by atoms with E-state index in [1.165, 1.54) is 0 Å². The largest absolute Gasteiger partial charge is 0.388 e. The third-order valence-electron chi connectivity index (χ3n) is 1.37. The molecule has 1 fully saturated rings. The summed E-state index contributed by atoms with van der Waals surface area (Å²) in [7, 11) is 0. The van der Waals surface area contributed by atoms with Gasteiger partial charge in [0, 0.05) is 0 Å². The fourth-order valence-corrected chi connectivity index (χ4v) is 0.763. The molecule has 1 heterocycles. The van der Waals surface area contributed by atoms with Crippen molar-refractivity contribution in [2.24, 2.45) is 0 Å². The van der Waals surface area contributed by atoms with Crippen molar-refractivity contribution in [3.8, 4) is 0 Å². The average molecular weight is 134 g/mol. The lowest BCUT2D eigenvalue weighted by molar-refractivity contribution is -0.150. The molecule has 3 N–H and O–H groups in total. The molecule has 0 bridgehead atoms. The molecule has 0 saturated carbocycles. The van der Waals surface area contributed by atoms with Gasteiger partial charge in [0.05, 0.1) is 13.2 Å². The topological polar surface area (TPSA) is 69.9 Å². The molecule has 0 amide bonds. The van der Waals surface area contributed by atoms with E-state index in [2.05, 4.69) is 0 Å². The molecule has 4 heteroatoms. The minimum atomic E-state index is -1.04. The molecule has 1 saturated heterocycles. The fraction of sp³-hybridized carbons (Fsp3) is 1.00. The van der Waals surface area contributed by atoms with Gasteiger partial charge in [-0.25, -0.2) is 0 Å². The Kier molecular flexibility index (Phi) is 2.02. The zero-order chi connectivity index (χ0) is 6.85. The Morgan fingerprint density at radius 1 is 1.00 bits per heavy atom. The van der Waals surface area contributed by atoms with Crippen LogP contribution in [-0.4, -0.2) is 46.8 Å². The third-order valence-corrected chi connectivity index (χ3v) is 1.37. The Balaban J connectivity index is 2.41. The first kappa shape index (κ1) is 6.95. The number of aliphatic hydroxyl groups excluding tert-OH is 3. The van der Waals surface area contributed by atoms with Crippen molar-refractivity contribution in [1.82, 2.24) is 0 Å². The van der Waals surface area contributed by atoms with Crippen LogP contribution in [0.25, 0.3) is 0 Å². The molecule has 0 aliphatic carbocycles. The van der Waals surface area contributed by atoms with Gasteiger partial charge in [0.1, 0.15) is 18.3 Å². The highest BCUT2D eigenvalue weighted by Crippen LogP contribution is 2.07. The van der Waals surface area contributed by atoms with Crippen LogP contribution in [0.2, 0.25) is 0 Å². The maximum absolute atomic E-state index is 8.87. The summed E-state index contributed by atoms with van der Waals surface area (Å²) in [5, 5.41) is 26.5. The molecule has 0 aromatic carbocycles. The van der Waals surface area contributed by atoms with Crippen molar-refractivity contribution in [3.05, 3.63) is 0 Å². The van der Waals surface area contributed by atoms with Gasteiger partial charge in [0.25, 0.3) is 0 Å². The van der Waals surface area contributed by atoms with E-state index in [-0.39, 0.29) is 13.2 Å². The molecule has 2 atom stereocenters. The summed E-state index contributed by atoms with van der Waals surface area (Å²) < 4.78 is 4.70. The summed E-state index contributed by atoms with van der Waals surface area (Å²) in [5.74, 6) is 0. The zero-order valence-electron chi connectivity index (χ0n) is 4.90. The number of ether oxygens (including phenoxy) is 1. The Labute approximate surface area is 52.7 Å². The van der Waals surface area contributed by atoms with E-state index in [1.807, 2.05) is 0 Å². The normalized spacial score (nSPS) is 39.0. The number of hydrogen-bond donors (Lipinski definition) is 3. The van der Waals surface area contributed by atoms with Crippen LogP contribution in [0.3, 0.4) is 0 Å². The summed E-state index contributed by atoms with van der Waals surface area (Å²) in [6.45, 7) is 0.219. The molecule has 1 aliphatic rings. The van der Waals surface area contributed by atoms with Gasteiger partial charge in [-0.05, 0) is 0 Å². The Hall–Kier alpha value is -0.160. The summed E-state index contributed by atoms with van der Waals surface area (Å²) in [5.41, 5.74) is 0. The van der Waals surface area contributed by atoms with Crippen molar-refractivity contribution in [1.29, 1.82) is 0 Å². The first-order valence-corrected chi connectivity index (χ1v) is 2.84. The van der Waals surface area contributed by atoms with Crippen molar-refractivity contribution < 1.29 is 20.1 Å². The van der Waals surface area contributed by atoms with Gasteiger partial charge in [-0.15, -0.1) is 0 Å². The van der Waals surface area contributed by atoms with Gasteiger partial charge in [-0.2, -0.15) is 0 Å². The van der Waals surface area contributed by atoms with Gasteiger partial charge in [0.2, 0.25) is 0 Å². The second-order valence-electron chi connectivity index (χ2n) is 2.16. The third kappa shape index (κ3) is 1.40. The van der Waals surface area contributed by atoms with E-state index in [0.29, 0.717) is 0 Å². The van der Waals surface area contributed by atoms with Crippen molar-refractivity contribution in [2.45, 2.75) is 18.3 Å². The van der Waals surface area contributed by atoms with Crippen LogP contribution in [0.5, 0.6) is 0 Å². The summed E-state index contributed by atoms with van der Waals surface area (Å²) in [6, 6.07) is 0. The van der Waals surface area contributed by atoms with Crippen LogP contribution in [-0.2, 0) is 4.74 Å². The van der Waals surface area contributed by atoms with Crippen LogP contribution >= 0.6 is 0 Å². The molecule has 9 heavy (non-hydrogen) atoms. The predicted molar refractivity (Wildman–Crippen MR) is 28.8 cm³/mol. The second-order valence-corrected chi connectivity index (χ2v) is 2.16. The molecule has 0 aromatic rings. The Bertz CT molecular complexity index is 85.0. The first-order chi connectivity index (χ1) is 4.22. The highest BCUT2D eigenvalue weighted by Gasteiger charge is 2.29. The van der Waals surface area contributed by atoms with E-state index in [4.69, 9.17) is 20.1 Å². The van der Waals surface area contributed by atoms with Crippen molar-refractivity contribution in [3.63, 3.8) is 0 Å². The summed E-state index contributed by atoms with van der Waals surface area (Å²) in [6.07, 6.45) is -2.92. The smallest absolute Gasteiger partial charge is 0.110 e. The first-order valence-electron chi connectivity index (χ1n) is 2.84. The minimum absolute atomic E-state index is 0.109. The minimum Gasteiger partial charge on any atom is -0.388 e. The fourth-order valence-electron chi connectivity index (χ4n) is 0.763. The van der Waals surface area contributed by atoms with E-state index in [1.54, 1.807) is 0 Å². The summed E-state index contributed by atoms with van der Waals surface area (Å²) in [4.78, 5) is 0. The monoisotopic (exact) mass is 134 g/mol. The Morgan fingerprint density at radius 2 is 1.44 bits per heavy atom. The molecule has 4 nitrogen and oxygen atoms in total. The van der Waals surface area contributed by atoms with Crippen LogP contribution in [0.15, 0.2) is 0 Å². The lowest BCUT2D eigenvalue weighted by Gasteiger charge is -2.27. The molecule has 0 unspecified atom stereocenters. The highest BCUT2D eigenvalue weighted by molar-refractivity contribution is 4.78. The maximum atomic E-state index is 8.87. The second kappa shape index (κ2) is 2.62. The lowest BCUT2D eigenvalue weighted by Crippen LogP contribution is -2.47. The molecule has 0 radical (unpaired) electrons. The molecule has 0 spiro atoms. The molecule has 0 aromatic heterocycles. The molecule has 1 aliphatic heterocycles.